The van der Waals surface area contributed by atoms with E-state index in [9.17, 15) is 47.3 Å². The lowest BCUT2D eigenvalue weighted by Crippen LogP contribution is -2.54. The molecule has 0 bridgehead atoms. The smallest absolute Gasteiger partial charge is 0.276 e. The Kier molecular flexibility index (Phi) is 18.6. The molecule has 2 atom stereocenters. The lowest BCUT2D eigenvalue weighted by atomic mass is 10.0. The van der Waals surface area contributed by atoms with Gasteiger partial charge in [0.25, 0.3) is 11.1 Å². The average Bonchev–Trinajstić information content (AvgIpc) is 0.734. The summed E-state index contributed by atoms with van der Waals surface area (Å²) in [6.07, 6.45) is 5.49. The highest BCUT2D eigenvalue weighted by Gasteiger charge is 2.37. The number of nitriles is 2. The van der Waals surface area contributed by atoms with Crippen LogP contribution in [0, 0.1) is 83.0 Å². The van der Waals surface area contributed by atoms with Crippen molar-refractivity contribution < 1.29 is 44.7 Å². The fourth-order valence-electron chi connectivity index (χ4n) is 11.7. The van der Waals surface area contributed by atoms with Crippen LogP contribution in [-0.2, 0) is 9.59 Å². The van der Waals surface area contributed by atoms with Gasteiger partial charge in [0.15, 0.2) is 46.5 Å². The third kappa shape index (κ3) is 11.1. The molecular weight excluding hydrogens is 1250 g/mol. The number of nitrogens with two attached hydrogens (primary N) is 2. The lowest BCUT2D eigenvalue weighted by molar-refractivity contribution is -0.129. The molecule has 8 heterocycles. The first-order valence-corrected chi connectivity index (χ1v) is 29.1. The van der Waals surface area contributed by atoms with Crippen molar-refractivity contribution in [3.63, 3.8) is 0 Å². The van der Waals surface area contributed by atoms with Crippen LogP contribution in [0.25, 0.3) is 56.0 Å². The van der Waals surface area contributed by atoms with E-state index in [0.29, 0.717) is 22.5 Å². The number of benzene rings is 2. The number of aromatic nitrogens is 6. The van der Waals surface area contributed by atoms with Gasteiger partial charge in [0.05, 0.1) is 66.7 Å². The van der Waals surface area contributed by atoms with E-state index in [2.05, 4.69) is 33.1 Å². The highest BCUT2D eigenvalue weighted by atomic mass is 35.5. The van der Waals surface area contributed by atoms with Gasteiger partial charge in [0.2, 0.25) is 11.8 Å². The van der Waals surface area contributed by atoms with Crippen LogP contribution in [0.4, 0.5) is 57.9 Å². The Balaban J connectivity index is 0.000000217. The number of nitrogen functional groups attached to an aromatic ring is 2. The van der Waals surface area contributed by atoms with Crippen LogP contribution in [-0.4, -0.2) is 102 Å². The van der Waals surface area contributed by atoms with Crippen molar-refractivity contribution in [2.75, 3.05) is 60.5 Å². The third-order valence-corrected chi connectivity index (χ3v) is 16.7. The largest absolute Gasteiger partial charge is 0.394 e. The Morgan fingerprint density at radius 2 is 0.935 bits per heavy atom. The molecule has 2 aromatic carbocycles. The molecule has 6 aromatic heterocycles. The fraction of sp³-hybridized carbons (Fsp3) is 0.281. The fourth-order valence-corrected chi connectivity index (χ4v) is 12.2. The molecule has 476 valence electrons. The maximum Gasteiger partial charge on any atom is 0.276 e. The molecule has 0 spiro atoms. The van der Waals surface area contributed by atoms with Crippen molar-refractivity contribution >= 4 is 79.8 Å². The molecule has 2 aliphatic rings. The Morgan fingerprint density at radius 1 is 0.587 bits per heavy atom. The van der Waals surface area contributed by atoms with Crippen LogP contribution >= 0.6 is 23.2 Å². The van der Waals surface area contributed by atoms with E-state index < -0.39 is 102 Å². The van der Waals surface area contributed by atoms with E-state index in [1.165, 1.54) is 24.3 Å². The Hall–Kier alpha value is -9.92. The standard InChI is InChI=1S/2C32H28ClF4N7O2/c2*1-6-20(45)43-10-9-42(13-16(43)5)30-17-11-19(33)28(21-22(34)24(36)25(37)26(39)23(21)35)41-31(17)44(32(46)18(30)12-38)29-15(4)7-8-40-27(29)14(2)3/h2*6-8,11,14,16H,1,9-10,13,39H2,2-5H3/t2*16-/m11/s1. The van der Waals surface area contributed by atoms with Crippen LogP contribution < -0.4 is 32.4 Å². The summed E-state index contributed by atoms with van der Waals surface area (Å²) < 4.78 is 121. The van der Waals surface area contributed by atoms with Gasteiger partial charge in [-0.2, -0.15) is 10.5 Å². The predicted molar refractivity (Wildman–Crippen MR) is 334 cm³/mol. The van der Waals surface area contributed by atoms with Crippen molar-refractivity contribution in [3.8, 4) is 46.0 Å². The summed E-state index contributed by atoms with van der Waals surface area (Å²) in [5.41, 5.74) is 5.02. The average molecular weight is 1310 g/mol. The topological polar surface area (TPSA) is 242 Å². The molecule has 0 unspecified atom stereocenters. The van der Waals surface area contributed by atoms with Gasteiger partial charge in [0.1, 0.15) is 45.9 Å². The van der Waals surface area contributed by atoms with Gasteiger partial charge in [0, 0.05) is 74.5 Å². The normalized spacial score (nSPS) is 15.0. The third-order valence-electron chi connectivity index (χ3n) is 16.1. The molecule has 18 nitrogen and oxygen atoms in total. The molecule has 2 saturated heterocycles. The summed E-state index contributed by atoms with van der Waals surface area (Å²) in [5.74, 6) is -16.0. The lowest BCUT2D eigenvalue weighted by Gasteiger charge is -2.41. The van der Waals surface area contributed by atoms with Gasteiger partial charge >= 0.3 is 0 Å². The Bertz CT molecular complexity index is 4350. The van der Waals surface area contributed by atoms with Gasteiger partial charge in [-0.1, -0.05) is 64.1 Å². The zero-order valence-corrected chi connectivity index (χ0v) is 52.0. The number of anilines is 4. The predicted octanol–water partition coefficient (Wildman–Crippen LogP) is 11.5. The second-order valence-corrected chi connectivity index (χ2v) is 23.3. The number of carbonyl (C=O) groups is 2. The quantitative estimate of drug-likeness (QED) is 0.0425. The van der Waals surface area contributed by atoms with Gasteiger partial charge < -0.3 is 31.1 Å². The molecule has 0 saturated carbocycles. The number of fused-ring (bicyclic) bond motifs is 2. The Labute approximate surface area is 530 Å². The number of hydrogen-bond donors (Lipinski definition) is 2. The van der Waals surface area contributed by atoms with Crippen LogP contribution in [0.3, 0.4) is 0 Å². The molecule has 2 aliphatic heterocycles. The van der Waals surface area contributed by atoms with Crippen molar-refractivity contribution in [2.24, 2.45) is 0 Å². The Morgan fingerprint density at radius 3 is 1.24 bits per heavy atom. The maximum atomic E-state index is 15.3. The summed E-state index contributed by atoms with van der Waals surface area (Å²) in [4.78, 5) is 78.0. The molecule has 92 heavy (non-hydrogen) atoms. The molecule has 4 N–H and O–H groups in total. The molecule has 0 radical (unpaired) electrons. The highest BCUT2D eigenvalue weighted by Crippen LogP contribution is 2.44. The molecule has 2 fully saturated rings. The van der Waals surface area contributed by atoms with Crippen molar-refractivity contribution in [1.82, 2.24) is 38.9 Å². The van der Waals surface area contributed by atoms with Gasteiger partial charge in [-0.3, -0.25) is 38.3 Å². The van der Waals surface area contributed by atoms with E-state index >= 15 is 17.6 Å². The molecule has 8 aromatic rings. The first kappa shape index (κ1) is 66.5. The van der Waals surface area contributed by atoms with Crippen molar-refractivity contribution in [1.29, 1.82) is 10.5 Å². The zero-order valence-electron chi connectivity index (χ0n) is 50.5. The van der Waals surface area contributed by atoms with Gasteiger partial charge in [-0.25, -0.2) is 45.1 Å². The number of piperazine rings is 2. The van der Waals surface area contributed by atoms with Gasteiger partial charge in [-0.15, -0.1) is 0 Å². The first-order valence-electron chi connectivity index (χ1n) is 28.4. The monoisotopic (exact) mass is 1310 g/mol. The highest BCUT2D eigenvalue weighted by molar-refractivity contribution is 6.34. The van der Waals surface area contributed by atoms with E-state index in [1.807, 2.05) is 39.8 Å². The number of aryl methyl sites for hydroxylation is 2. The molecule has 10 rings (SSSR count). The second kappa shape index (κ2) is 25.8. The number of carbonyl (C=O) groups excluding carboxylic acids is 2. The number of rotatable bonds is 10. The van der Waals surface area contributed by atoms with E-state index in [-0.39, 0.29) is 131 Å². The van der Waals surface area contributed by atoms with Crippen LogP contribution in [0.15, 0.2) is 71.6 Å². The van der Waals surface area contributed by atoms with E-state index in [1.54, 1.807) is 71.8 Å². The summed E-state index contributed by atoms with van der Waals surface area (Å²) in [6, 6.07) is 9.08. The number of amides is 2. The summed E-state index contributed by atoms with van der Waals surface area (Å²) in [7, 11) is 0. The number of hydrogen-bond acceptors (Lipinski definition) is 14. The van der Waals surface area contributed by atoms with Crippen LogP contribution in [0.2, 0.25) is 10.0 Å². The van der Waals surface area contributed by atoms with E-state index in [0.717, 1.165) is 9.13 Å². The van der Waals surface area contributed by atoms with Gasteiger partial charge in [-0.05, 0) is 87.1 Å². The van der Waals surface area contributed by atoms with Crippen LogP contribution in [0.5, 0.6) is 0 Å². The molecule has 0 aliphatic carbocycles. The molecular formula is C64H56Cl2F8N14O4. The minimum atomic E-state index is -2.03. The minimum absolute atomic E-state index is 0.135. The van der Waals surface area contributed by atoms with E-state index in [4.69, 9.17) is 34.7 Å². The minimum Gasteiger partial charge on any atom is -0.394 e. The molecule has 2 amide bonds. The molecule has 28 heteroatoms. The zero-order chi connectivity index (χ0) is 67.5. The maximum absolute atomic E-state index is 15.3. The summed E-state index contributed by atoms with van der Waals surface area (Å²) in [5, 5.41) is 20.3. The van der Waals surface area contributed by atoms with Crippen LogP contribution in [0.1, 0.15) is 87.0 Å². The number of pyridine rings is 6. The number of halogens is 10. The number of nitrogens with zero attached hydrogens (tertiary/aromatic N) is 12. The SMILES string of the molecule is C=CC(=O)N1CCN(c2c(C#N)c(=O)n(-c3c(C)ccnc3C(C)C)c3nc(-c4c(F)c(N)c(F)c(F)c4F)c(Cl)cc23)C[C@H]1C.C=CC(=O)N1CCN(c2c(C#N)c(=O)n(-c3c(C)ccnc3C(C)C)c3nc(-c4c(F)c(N)c(F)c(F)c4F)c(Cl)cc23)C[C@H]1C. The summed E-state index contributed by atoms with van der Waals surface area (Å²) >= 11 is 13.2. The summed E-state index contributed by atoms with van der Waals surface area (Å²) in [6.45, 7) is 22.7. The van der Waals surface area contributed by atoms with Crippen molar-refractivity contribution in [2.45, 2.75) is 79.3 Å². The van der Waals surface area contributed by atoms with Crippen molar-refractivity contribution in [3.05, 3.63) is 173 Å². The second-order valence-electron chi connectivity index (χ2n) is 22.5. The first-order chi connectivity index (χ1) is 43.5.